The highest BCUT2D eigenvalue weighted by Crippen LogP contribution is 2.55. The van der Waals surface area contributed by atoms with Crippen LogP contribution < -0.4 is 5.32 Å². The smallest absolute Gasteiger partial charge is 0.224 e. The van der Waals surface area contributed by atoms with Gasteiger partial charge < -0.3 is 5.32 Å². The summed E-state index contributed by atoms with van der Waals surface area (Å²) >= 11 is 5.25. The molecule has 0 saturated heterocycles. The molecule has 0 bridgehead atoms. The zero-order chi connectivity index (χ0) is 13.7. The lowest BCUT2D eigenvalue weighted by atomic mass is 10.0. The highest BCUT2D eigenvalue weighted by atomic mass is 32.1. The number of nitrogens with one attached hydrogen (secondary N) is 2. The first-order valence-corrected chi connectivity index (χ1v) is 8.10. The van der Waals surface area contributed by atoms with Crippen LogP contribution in [0.4, 0.5) is 0 Å². The van der Waals surface area contributed by atoms with Crippen LogP contribution in [0.25, 0.3) is 0 Å². The third-order valence-corrected chi connectivity index (χ3v) is 5.36. The molecule has 3 aliphatic rings. The molecule has 0 spiro atoms. The van der Waals surface area contributed by atoms with Crippen LogP contribution in [0.2, 0.25) is 0 Å². The lowest BCUT2D eigenvalue weighted by Gasteiger charge is -2.06. The van der Waals surface area contributed by atoms with E-state index in [4.69, 9.17) is 12.2 Å². The normalized spacial score (nSPS) is 31.7. The summed E-state index contributed by atoms with van der Waals surface area (Å²) in [7, 11) is 0. The average molecular weight is 292 g/mol. The Hall–Kier alpha value is -1.17. The number of carbonyl (C=O) groups excluding carboxylic acids is 1. The van der Waals surface area contributed by atoms with Gasteiger partial charge in [0.1, 0.15) is 0 Å². The Morgan fingerprint density at radius 1 is 1.30 bits per heavy atom. The number of rotatable bonds is 4. The number of nitrogens with zero attached hydrogens (tertiary/aromatic N) is 2. The molecule has 0 radical (unpaired) electrons. The van der Waals surface area contributed by atoms with Crippen molar-refractivity contribution in [3.8, 4) is 0 Å². The monoisotopic (exact) mass is 292 g/mol. The van der Waals surface area contributed by atoms with E-state index in [1.54, 1.807) is 0 Å². The van der Waals surface area contributed by atoms with Crippen molar-refractivity contribution in [3.05, 3.63) is 10.6 Å². The van der Waals surface area contributed by atoms with Gasteiger partial charge in [0.2, 0.25) is 5.91 Å². The third kappa shape index (κ3) is 2.10. The minimum Gasteiger partial charge on any atom is -0.349 e. The molecule has 3 aliphatic carbocycles. The molecular formula is C14H20N4OS. The molecule has 4 rings (SSSR count). The van der Waals surface area contributed by atoms with Gasteiger partial charge in [0.25, 0.3) is 0 Å². The fourth-order valence-electron chi connectivity index (χ4n) is 3.84. The molecule has 0 aliphatic heterocycles. The fourth-order valence-corrected chi connectivity index (χ4v) is 4.14. The number of aromatic amines is 1. The van der Waals surface area contributed by atoms with Crippen molar-refractivity contribution in [2.24, 2.45) is 17.8 Å². The maximum atomic E-state index is 12.3. The summed E-state index contributed by atoms with van der Waals surface area (Å²) in [4.78, 5) is 12.3. The predicted octanol–water partition coefficient (Wildman–Crippen LogP) is 2.33. The van der Waals surface area contributed by atoms with Gasteiger partial charge in [0.05, 0.1) is 6.54 Å². The minimum atomic E-state index is 0.221. The molecule has 0 aromatic carbocycles. The fraction of sp³-hybridized carbons (Fsp3) is 0.786. The number of hydrogen-bond acceptors (Lipinski definition) is 3. The zero-order valence-corrected chi connectivity index (χ0v) is 12.3. The minimum absolute atomic E-state index is 0.221. The summed E-state index contributed by atoms with van der Waals surface area (Å²) in [5.41, 5.74) is 0. The quantitative estimate of drug-likeness (QED) is 0.837. The van der Waals surface area contributed by atoms with Crippen molar-refractivity contribution in [1.29, 1.82) is 0 Å². The van der Waals surface area contributed by atoms with E-state index >= 15 is 0 Å². The maximum Gasteiger partial charge on any atom is 0.224 e. The van der Waals surface area contributed by atoms with Gasteiger partial charge >= 0.3 is 0 Å². The van der Waals surface area contributed by atoms with E-state index in [2.05, 4.69) is 20.1 Å². The van der Waals surface area contributed by atoms with E-state index in [-0.39, 0.29) is 11.8 Å². The van der Waals surface area contributed by atoms with Crippen LogP contribution in [0.1, 0.15) is 50.4 Å². The van der Waals surface area contributed by atoms with Gasteiger partial charge in [-0.3, -0.25) is 14.5 Å². The molecule has 1 amide bonds. The second-order valence-electron chi connectivity index (χ2n) is 6.40. The van der Waals surface area contributed by atoms with Gasteiger partial charge in [-0.15, -0.1) is 0 Å². The molecule has 2 N–H and O–H groups in total. The lowest BCUT2D eigenvalue weighted by molar-refractivity contribution is -0.123. The van der Waals surface area contributed by atoms with E-state index in [9.17, 15) is 4.79 Å². The van der Waals surface area contributed by atoms with Gasteiger partial charge in [-0.1, -0.05) is 12.8 Å². The molecule has 3 atom stereocenters. The molecule has 20 heavy (non-hydrogen) atoms. The Morgan fingerprint density at radius 3 is 2.65 bits per heavy atom. The summed E-state index contributed by atoms with van der Waals surface area (Å²) in [6, 6.07) is 0.497. The number of fused-ring (bicyclic) bond motifs is 1. The van der Waals surface area contributed by atoms with E-state index < -0.39 is 0 Å². The molecule has 6 heteroatoms. The standard InChI is InChI=1S/C14H20N4OS/c19-13(12-9-3-1-2-4-10(9)12)15-7-11-16-17-14(20)18(11)8-5-6-8/h8-10,12H,1-7H2,(H,15,19)(H,17,20)/t9-,10+,12?. The van der Waals surface area contributed by atoms with Crippen molar-refractivity contribution in [2.45, 2.75) is 51.1 Å². The van der Waals surface area contributed by atoms with E-state index in [0.29, 0.717) is 29.2 Å². The summed E-state index contributed by atoms with van der Waals surface area (Å²) in [5, 5.41) is 10.2. The first-order valence-electron chi connectivity index (χ1n) is 7.69. The summed E-state index contributed by atoms with van der Waals surface area (Å²) < 4.78 is 2.74. The van der Waals surface area contributed by atoms with Crippen LogP contribution in [0.5, 0.6) is 0 Å². The summed E-state index contributed by atoms with van der Waals surface area (Å²) in [6.45, 7) is 0.498. The van der Waals surface area contributed by atoms with Crippen molar-refractivity contribution >= 4 is 18.1 Å². The van der Waals surface area contributed by atoms with Gasteiger partial charge in [0.15, 0.2) is 10.6 Å². The van der Waals surface area contributed by atoms with Crippen LogP contribution in [0, 0.1) is 22.5 Å². The molecule has 1 heterocycles. The highest BCUT2D eigenvalue weighted by Gasteiger charge is 2.54. The Balaban J connectivity index is 1.39. The SMILES string of the molecule is O=C(NCc1n[nH]c(=S)n1C1CC1)C1[C@H]2CCCC[C@@H]12. The first kappa shape index (κ1) is 12.6. The molecule has 3 saturated carbocycles. The average Bonchev–Trinajstić information content (AvgIpc) is 3.35. The number of H-pyrrole nitrogens is 1. The van der Waals surface area contributed by atoms with E-state index in [1.165, 1.54) is 38.5 Å². The zero-order valence-electron chi connectivity index (χ0n) is 11.5. The molecule has 3 fully saturated rings. The second-order valence-corrected chi connectivity index (χ2v) is 6.79. The van der Waals surface area contributed by atoms with Gasteiger partial charge in [-0.25, -0.2) is 0 Å². The Labute approximate surface area is 123 Å². The second kappa shape index (κ2) is 4.69. The molecular weight excluding hydrogens is 272 g/mol. The highest BCUT2D eigenvalue weighted by molar-refractivity contribution is 7.71. The molecule has 1 unspecified atom stereocenters. The predicted molar refractivity (Wildman–Crippen MR) is 76.5 cm³/mol. The summed E-state index contributed by atoms with van der Waals surface area (Å²) in [6.07, 6.45) is 7.41. The summed E-state index contributed by atoms with van der Waals surface area (Å²) in [5.74, 6) is 2.68. The Morgan fingerprint density at radius 2 is 2.00 bits per heavy atom. The number of amides is 1. The van der Waals surface area contributed by atoms with Gasteiger partial charge in [-0.05, 0) is 49.7 Å². The van der Waals surface area contributed by atoms with Gasteiger partial charge in [-0.2, -0.15) is 5.10 Å². The molecule has 1 aromatic rings. The molecule has 108 valence electrons. The molecule has 5 nitrogen and oxygen atoms in total. The van der Waals surface area contributed by atoms with E-state index in [0.717, 1.165) is 5.82 Å². The molecule has 1 aromatic heterocycles. The largest absolute Gasteiger partial charge is 0.349 e. The van der Waals surface area contributed by atoms with E-state index in [1.807, 2.05) is 0 Å². The van der Waals surface area contributed by atoms with Crippen LogP contribution in [-0.2, 0) is 11.3 Å². The van der Waals surface area contributed by atoms with Crippen LogP contribution in [-0.4, -0.2) is 20.7 Å². The first-order chi connectivity index (χ1) is 9.75. The third-order valence-electron chi connectivity index (χ3n) is 5.07. The van der Waals surface area contributed by atoms with Crippen molar-refractivity contribution in [2.75, 3.05) is 0 Å². The van der Waals surface area contributed by atoms with Crippen LogP contribution >= 0.6 is 12.2 Å². The topological polar surface area (TPSA) is 62.7 Å². The number of carbonyl (C=O) groups is 1. The van der Waals surface area contributed by atoms with Crippen LogP contribution in [0.3, 0.4) is 0 Å². The Bertz CT molecular complexity index is 576. The van der Waals surface area contributed by atoms with Crippen molar-refractivity contribution in [3.63, 3.8) is 0 Å². The van der Waals surface area contributed by atoms with Crippen LogP contribution in [0.15, 0.2) is 0 Å². The maximum absolute atomic E-state index is 12.3. The van der Waals surface area contributed by atoms with Gasteiger partial charge in [0, 0.05) is 12.0 Å². The lowest BCUT2D eigenvalue weighted by Crippen LogP contribution is -2.27. The Kier molecular flexibility index (Phi) is 2.94. The number of hydrogen-bond donors (Lipinski definition) is 2. The number of aromatic nitrogens is 3. The van der Waals surface area contributed by atoms with Crippen molar-refractivity contribution < 1.29 is 4.79 Å². The van der Waals surface area contributed by atoms with Crippen molar-refractivity contribution in [1.82, 2.24) is 20.1 Å².